The van der Waals surface area contributed by atoms with Crippen LogP contribution in [0.1, 0.15) is 31.9 Å². The fraction of sp³-hybridized carbons (Fsp3) is 0.333. The Bertz CT molecular complexity index is 748. The van der Waals surface area contributed by atoms with Crippen LogP contribution in [-0.2, 0) is 4.79 Å². The van der Waals surface area contributed by atoms with Crippen molar-refractivity contribution >= 4 is 11.5 Å². The summed E-state index contributed by atoms with van der Waals surface area (Å²) in [5.74, 6) is -0.0316. The molecule has 2 aliphatic rings. The molecule has 0 aromatic carbocycles. The molecule has 1 aromatic heterocycles. The van der Waals surface area contributed by atoms with Gasteiger partial charge < -0.3 is 10.2 Å². The number of aromatic nitrogens is 1. The molecule has 1 aliphatic heterocycles. The van der Waals surface area contributed by atoms with Gasteiger partial charge in [0.1, 0.15) is 0 Å². The number of carbonyl (C=O) groups is 1. The van der Waals surface area contributed by atoms with Crippen molar-refractivity contribution in [2.45, 2.75) is 37.8 Å². The zero-order chi connectivity index (χ0) is 17.9. The van der Waals surface area contributed by atoms with E-state index in [9.17, 15) is 4.79 Å². The molecule has 2 unspecified atom stereocenters. The molecule has 0 bridgehead atoms. The van der Waals surface area contributed by atoms with E-state index in [1.54, 1.807) is 6.20 Å². The first kappa shape index (κ1) is 17.2. The minimum atomic E-state index is -0.391. The molecule has 0 spiro atoms. The smallest absolute Gasteiger partial charge is 0.267 e. The van der Waals surface area contributed by atoms with E-state index >= 15 is 0 Å². The zero-order valence-electron chi connectivity index (χ0n) is 14.9. The number of carbonyl (C=O) groups excluding carboxylic acids is 1. The summed E-state index contributed by atoms with van der Waals surface area (Å²) in [6, 6.07) is 6.10. The largest absolute Gasteiger partial charge is 0.364 e. The van der Waals surface area contributed by atoms with Crippen molar-refractivity contribution in [1.82, 2.24) is 15.2 Å². The maximum atomic E-state index is 12.8. The van der Waals surface area contributed by atoms with Crippen LogP contribution < -0.4 is 5.32 Å². The predicted molar refractivity (Wildman–Crippen MR) is 102 cm³/mol. The maximum Gasteiger partial charge on any atom is 0.267 e. The van der Waals surface area contributed by atoms with Gasteiger partial charge in [0.2, 0.25) is 0 Å². The van der Waals surface area contributed by atoms with Crippen LogP contribution in [0.2, 0.25) is 0 Å². The van der Waals surface area contributed by atoms with Gasteiger partial charge >= 0.3 is 0 Å². The average Bonchev–Trinajstić information content (AvgIpc) is 2.63. The van der Waals surface area contributed by atoms with Gasteiger partial charge in [-0.05, 0) is 43.9 Å². The van der Waals surface area contributed by atoms with Crippen LogP contribution in [-0.4, -0.2) is 34.4 Å². The van der Waals surface area contributed by atoms with Crippen LogP contribution in [0, 0.1) is 0 Å². The Morgan fingerprint density at radius 3 is 2.92 bits per heavy atom. The zero-order valence-corrected chi connectivity index (χ0v) is 14.9. The van der Waals surface area contributed by atoms with E-state index in [-0.39, 0.29) is 11.9 Å². The van der Waals surface area contributed by atoms with Gasteiger partial charge in [0, 0.05) is 19.3 Å². The van der Waals surface area contributed by atoms with E-state index in [4.69, 9.17) is 0 Å². The Labute approximate surface area is 149 Å². The number of nitrogens with zero attached hydrogens (tertiary/aromatic N) is 2. The lowest BCUT2D eigenvalue weighted by atomic mass is 9.89. The van der Waals surface area contributed by atoms with Crippen molar-refractivity contribution in [3.8, 4) is 0 Å². The van der Waals surface area contributed by atoms with Crippen molar-refractivity contribution in [3.63, 3.8) is 0 Å². The lowest BCUT2D eigenvalue weighted by Gasteiger charge is -2.35. The molecule has 3 rings (SSSR count). The molecule has 1 aliphatic carbocycles. The Balaban J connectivity index is 1.69. The van der Waals surface area contributed by atoms with E-state index < -0.39 is 5.54 Å². The van der Waals surface area contributed by atoms with Gasteiger partial charge in [-0.3, -0.25) is 9.78 Å². The molecule has 0 saturated heterocycles. The van der Waals surface area contributed by atoms with Gasteiger partial charge in [-0.1, -0.05) is 36.4 Å². The van der Waals surface area contributed by atoms with E-state index in [2.05, 4.69) is 29.0 Å². The van der Waals surface area contributed by atoms with Crippen molar-refractivity contribution in [2.75, 3.05) is 7.05 Å². The van der Waals surface area contributed by atoms with Crippen LogP contribution in [0.25, 0.3) is 5.57 Å². The highest BCUT2D eigenvalue weighted by atomic mass is 16.2. The third-order valence-corrected chi connectivity index (χ3v) is 4.92. The molecule has 130 valence electrons. The quantitative estimate of drug-likeness (QED) is 0.857. The van der Waals surface area contributed by atoms with Crippen LogP contribution in [0.15, 0.2) is 67.1 Å². The Hall–Kier alpha value is -2.62. The second-order valence-electron chi connectivity index (χ2n) is 6.86. The van der Waals surface area contributed by atoms with Crippen molar-refractivity contribution in [2.24, 2.45) is 0 Å². The Kier molecular flexibility index (Phi) is 4.88. The van der Waals surface area contributed by atoms with Crippen LogP contribution >= 0.6 is 0 Å². The lowest BCUT2D eigenvalue weighted by Crippen LogP contribution is -2.49. The SMILES string of the molecule is C=CC1CCC=C(C(=O)NC2(C)C=CC(c3ccccn3)=CC2)N1C. The molecule has 4 heteroatoms. The summed E-state index contributed by atoms with van der Waals surface area (Å²) in [6.07, 6.45) is 14.6. The fourth-order valence-corrected chi connectivity index (χ4v) is 3.31. The fourth-order valence-electron chi connectivity index (χ4n) is 3.31. The summed E-state index contributed by atoms with van der Waals surface area (Å²) in [5, 5.41) is 3.18. The summed E-state index contributed by atoms with van der Waals surface area (Å²) in [5.41, 5.74) is 2.38. The normalized spacial score (nSPS) is 25.8. The van der Waals surface area contributed by atoms with Gasteiger partial charge in [-0.25, -0.2) is 0 Å². The molecule has 1 aromatic rings. The molecule has 1 amide bonds. The monoisotopic (exact) mass is 335 g/mol. The number of amides is 1. The maximum absolute atomic E-state index is 12.8. The summed E-state index contributed by atoms with van der Waals surface area (Å²) >= 11 is 0. The van der Waals surface area contributed by atoms with Crippen molar-refractivity contribution < 1.29 is 4.79 Å². The first-order valence-electron chi connectivity index (χ1n) is 8.71. The van der Waals surface area contributed by atoms with E-state index in [1.165, 1.54) is 0 Å². The number of nitrogens with one attached hydrogen (secondary N) is 1. The van der Waals surface area contributed by atoms with Gasteiger partial charge in [-0.2, -0.15) is 0 Å². The Morgan fingerprint density at radius 2 is 2.28 bits per heavy atom. The van der Waals surface area contributed by atoms with E-state index in [1.807, 2.05) is 55.3 Å². The molecule has 0 fully saturated rings. The predicted octanol–water partition coefficient (Wildman–Crippen LogP) is 3.46. The molecule has 25 heavy (non-hydrogen) atoms. The number of hydrogen-bond donors (Lipinski definition) is 1. The third-order valence-electron chi connectivity index (χ3n) is 4.92. The highest BCUT2D eigenvalue weighted by molar-refractivity contribution is 5.94. The third kappa shape index (κ3) is 3.73. The number of pyridine rings is 1. The minimum Gasteiger partial charge on any atom is -0.364 e. The minimum absolute atomic E-state index is 0.0316. The topological polar surface area (TPSA) is 45.2 Å². The second-order valence-corrected chi connectivity index (χ2v) is 6.86. The molecule has 1 N–H and O–H groups in total. The van der Waals surface area contributed by atoms with Gasteiger partial charge in [-0.15, -0.1) is 6.58 Å². The van der Waals surface area contributed by atoms with Gasteiger partial charge in [0.05, 0.1) is 16.9 Å². The number of likely N-dealkylation sites (N-methyl/N-ethyl adjacent to an activating group) is 1. The first-order chi connectivity index (χ1) is 12.0. The molecule has 2 heterocycles. The molecule has 2 atom stereocenters. The molecular weight excluding hydrogens is 310 g/mol. The Morgan fingerprint density at radius 1 is 1.44 bits per heavy atom. The van der Waals surface area contributed by atoms with Crippen LogP contribution in [0.4, 0.5) is 0 Å². The molecule has 4 nitrogen and oxygen atoms in total. The van der Waals surface area contributed by atoms with Crippen molar-refractivity contribution in [1.29, 1.82) is 0 Å². The summed E-state index contributed by atoms with van der Waals surface area (Å²) in [6.45, 7) is 5.91. The average molecular weight is 335 g/mol. The number of rotatable bonds is 4. The lowest BCUT2D eigenvalue weighted by molar-refractivity contribution is -0.120. The van der Waals surface area contributed by atoms with Gasteiger partial charge in [0.15, 0.2) is 0 Å². The molecular formula is C21H25N3O. The molecule has 0 radical (unpaired) electrons. The van der Waals surface area contributed by atoms with Crippen LogP contribution in [0.3, 0.4) is 0 Å². The standard InChI is InChI=1S/C21H25N3O/c1-4-17-8-7-10-19(24(17)3)20(25)23-21(2)13-11-16(12-14-21)18-9-5-6-15-22-18/h4-6,9-13,15,17H,1,7-8,14H2,2-3H3,(H,23,25). The van der Waals surface area contributed by atoms with Gasteiger partial charge in [0.25, 0.3) is 5.91 Å². The highest BCUT2D eigenvalue weighted by Gasteiger charge is 2.29. The molecule has 0 saturated carbocycles. The summed E-state index contributed by atoms with van der Waals surface area (Å²) in [7, 11) is 1.95. The van der Waals surface area contributed by atoms with Crippen LogP contribution in [0.5, 0.6) is 0 Å². The number of allylic oxidation sites excluding steroid dienone is 3. The highest BCUT2D eigenvalue weighted by Crippen LogP contribution is 2.27. The van der Waals surface area contributed by atoms with Crippen molar-refractivity contribution in [3.05, 3.63) is 72.7 Å². The second kappa shape index (κ2) is 7.09. The first-order valence-corrected chi connectivity index (χ1v) is 8.71. The number of hydrogen-bond acceptors (Lipinski definition) is 3. The van der Waals surface area contributed by atoms with E-state index in [0.717, 1.165) is 36.2 Å². The summed E-state index contributed by atoms with van der Waals surface area (Å²) < 4.78 is 0. The van der Waals surface area contributed by atoms with E-state index in [0.29, 0.717) is 0 Å². The summed E-state index contributed by atoms with van der Waals surface area (Å²) in [4.78, 5) is 19.2.